The predicted octanol–water partition coefficient (Wildman–Crippen LogP) is 3.55. The minimum Gasteiger partial charge on any atom is -0.493 e. The van der Waals surface area contributed by atoms with Crippen molar-refractivity contribution in [1.29, 1.82) is 0 Å². The first-order valence-corrected chi connectivity index (χ1v) is 10.9. The Morgan fingerprint density at radius 2 is 1.62 bits per heavy atom. The minimum absolute atomic E-state index is 0.0463. The van der Waals surface area contributed by atoms with Gasteiger partial charge in [-0.25, -0.2) is 4.79 Å². The van der Waals surface area contributed by atoms with Gasteiger partial charge >= 0.3 is 6.03 Å². The van der Waals surface area contributed by atoms with E-state index in [1.54, 1.807) is 36.4 Å². The van der Waals surface area contributed by atoms with Crippen LogP contribution in [0.25, 0.3) is 6.08 Å². The molecule has 180 valence electrons. The quantitative estimate of drug-likeness (QED) is 0.420. The van der Waals surface area contributed by atoms with Gasteiger partial charge in [-0.05, 0) is 54.8 Å². The summed E-state index contributed by atoms with van der Waals surface area (Å²) in [7, 11) is 3.00. The van der Waals surface area contributed by atoms with Crippen molar-refractivity contribution < 1.29 is 33.3 Å². The monoisotopic (exact) mass is 468 g/mol. The molecule has 3 rings (SSSR count). The standard InChI is InChI=1S/C25H28N2O7/c1-5-11-34-20-10-8-17(14-22(20)33-6-2)15-27-24(29)18(23(28)26-25(27)30)12-16-7-9-19(31-3)21(13-16)32-4/h7-10,12-14H,5-6,11,15H2,1-4H3,(H,26,28,30)/b18-12+. The van der Waals surface area contributed by atoms with Gasteiger partial charge in [-0.15, -0.1) is 0 Å². The maximum absolute atomic E-state index is 13.1. The summed E-state index contributed by atoms with van der Waals surface area (Å²) in [5.74, 6) is 0.605. The lowest BCUT2D eigenvalue weighted by atomic mass is 10.1. The van der Waals surface area contributed by atoms with E-state index in [9.17, 15) is 14.4 Å². The molecule has 1 fully saturated rings. The van der Waals surface area contributed by atoms with Gasteiger partial charge in [-0.1, -0.05) is 19.1 Å². The molecular weight excluding hydrogens is 440 g/mol. The number of carbonyl (C=O) groups is 3. The Labute approximate surface area is 198 Å². The fourth-order valence-corrected chi connectivity index (χ4v) is 3.38. The molecule has 1 heterocycles. The van der Waals surface area contributed by atoms with Gasteiger partial charge in [0.2, 0.25) is 0 Å². The van der Waals surface area contributed by atoms with Gasteiger partial charge in [0.05, 0.1) is 34.0 Å². The third kappa shape index (κ3) is 5.48. The smallest absolute Gasteiger partial charge is 0.331 e. The maximum atomic E-state index is 13.1. The van der Waals surface area contributed by atoms with Crippen LogP contribution in [-0.4, -0.2) is 50.2 Å². The molecule has 34 heavy (non-hydrogen) atoms. The van der Waals surface area contributed by atoms with Crippen LogP contribution in [0.5, 0.6) is 23.0 Å². The van der Waals surface area contributed by atoms with E-state index in [0.29, 0.717) is 47.3 Å². The Kier molecular flexibility index (Phi) is 8.13. The van der Waals surface area contributed by atoms with Crippen molar-refractivity contribution in [3.63, 3.8) is 0 Å². The van der Waals surface area contributed by atoms with E-state index in [0.717, 1.165) is 11.3 Å². The van der Waals surface area contributed by atoms with Crippen molar-refractivity contribution in [2.24, 2.45) is 0 Å². The summed E-state index contributed by atoms with van der Waals surface area (Å²) in [6.07, 6.45) is 2.26. The van der Waals surface area contributed by atoms with Gasteiger partial charge in [0.25, 0.3) is 11.8 Å². The molecule has 0 saturated carbocycles. The van der Waals surface area contributed by atoms with E-state index in [2.05, 4.69) is 5.32 Å². The molecule has 2 aromatic rings. The zero-order valence-corrected chi connectivity index (χ0v) is 19.7. The summed E-state index contributed by atoms with van der Waals surface area (Å²) in [5.41, 5.74) is 1.02. The van der Waals surface area contributed by atoms with Crippen molar-refractivity contribution >= 4 is 23.9 Å². The Balaban J connectivity index is 1.88. The lowest BCUT2D eigenvalue weighted by molar-refractivity contribution is -0.130. The Morgan fingerprint density at radius 1 is 0.882 bits per heavy atom. The molecule has 9 nitrogen and oxygen atoms in total. The number of ether oxygens (including phenoxy) is 4. The van der Waals surface area contributed by atoms with Gasteiger partial charge in [-0.3, -0.25) is 19.8 Å². The molecule has 9 heteroatoms. The van der Waals surface area contributed by atoms with E-state index < -0.39 is 17.8 Å². The zero-order valence-electron chi connectivity index (χ0n) is 19.7. The van der Waals surface area contributed by atoms with Crippen molar-refractivity contribution in [3.05, 3.63) is 53.1 Å². The number of carbonyl (C=O) groups excluding carboxylic acids is 3. The number of amides is 4. The SMILES string of the molecule is CCCOc1ccc(CN2C(=O)NC(=O)/C(=C\c3ccc(OC)c(OC)c3)C2=O)cc1OCC. The molecule has 0 bridgehead atoms. The molecule has 0 radical (unpaired) electrons. The molecule has 1 N–H and O–H groups in total. The topological polar surface area (TPSA) is 103 Å². The summed E-state index contributed by atoms with van der Waals surface area (Å²) in [4.78, 5) is 39.0. The highest BCUT2D eigenvalue weighted by molar-refractivity contribution is 6.30. The van der Waals surface area contributed by atoms with Crippen molar-refractivity contribution in [1.82, 2.24) is 10.2 Å². The number of nitrogens with zero attached hydrogens (tertiary/aromatic N) is 1. The molecule has 0 aliphatic carbocycles. The van der Waals surface area contributed by atoms with Gasteiger partial charge in [0.1, 0.15) is 5.57 Å². The minimum atomic E-state index is -0.788. The Morgan fingerprint density at radius 3 is 2.29 bits per heavy atom. The van der Waals surface area contributed by atoms with Gasteiger partial charge < -0.3 is 18.9 Å². The molecule has 1 aliphatic rings. The third-order valence-corrected chi connectivity index (χ3v) is 5.01. The molecule has 0 unspecified atom stereocenters. The van der Waals surface area contributed by atoms with Crippen LogP contribution in [0.2, 0.25) is 0 Å². The lowest BCUT2D eigenvalue weighted by Crippen LogP contribution is -2.53. The van der Waals surface area contributed by atoms with Crippen LogP contribution in [-0.2, 0) is 16.1 Å². The number of hydrogen-bond acceptors (Lipinski definition) is 7. The second-order valence-electron chi connectivity index (χ2n) is 7.39. The number of urea groups is 1. The van der Waals surface area contributed by atoms with Crippen LogP contribution in [0.1, 0.15) is 31.4 Å². The van der Waals surface area contributed by atoms with Crippen LogP contribution >= 0.6 is 0 Å². The molecule has 0 atom stereocenters. The number of methoxy groups -OCH3 is 2. The van der Waals surface area contributed by atoms with E-state index in [4.69, 9.17) is 18.9 Å². The number of benzene rings is 2. The number of nitrogens with one attached hydrogen (secondary N) is 1. The number of rotatable bonds is 10. The third-order valence-electron chi connectivity index (χ3n) is 5.01. The van der Waals surface area contributed by atoms with Gasteiger partial charge in [0, 0.05) is 0 Å². The van der Waals surface area contributed by atoms with Gasteiger partial charge in [-0.2, -0.15) is 0 Å². The van der Waals surface area contributed by atoms with Gasteiger partial charge in [0.15, 0.2) is 23.0 Å². The van der Waals surface area contributed by atoms with E-state index in [1.165, 1.54) is 20.3 Å². The molecule has 0 aromatic heterocycles. The zero-order chi connectivity index (χ0) is 24.7. The van der Waals surface area contributed by atoms with Crippen molar-refractivity contribution in [2.45, 2.75) is 26.8 Å². The molecule has 4 amide bonds. The average molecular weight is 469 g/mol. The molecular formula is C25H28N2O7. The van der Waals surface area contributed by atoms with Crippen molar-refractivity contribution in [2.75, 3.05) is 27.4 Å². The highest BCUT2D eigenvalue weighted by atomic mass is 16.5. The van der Waals surface area contributed by atoms with Crippen LogP contribution in [0.3, 0.4) is 0 Å². The summed E-state index contributed by atoms with van der Waals surface area (Å²) < 4.78 is 21.8. The van der Waals surface area contributed by atoms with Crippen LogP contribution in [0, 0.1) is 0 Å². The first kappa shape index (κ1) is 24.6. The van der Waals surface area contributed by atoms with E-state index >= 15 is 0 Å². The molecule has 1 saturated heterocycles. The van der Waals surface area contributed by atoms with E-state index in [1.807, 2.05) is 13.8 Å². The fraction of sp³-hybridized carbons (Fsp3) is 0.320. The molecule has 1 aliphatic heterocycles. The Bertz CT molecular complexity index is 1110. The normalized spacial score (nSPS) is 14.8. The van der Waals surface area contributed by atoms with Crippen LogP contribution < -0.4 is 24.3 Å². The fourth-order valence-electron chi connectivity index (χ4n) is 3.38. The maximum Gasteiger partial charge on any atom is 0.331 e. The summed E-state index contributed by atoms with van der Waals surface area (Å²) in [6, 6.07) is 9.41. The first-order valence-electron chi connectivity index (χ1n) is 10.9. The van der Waals surface area contributed by atoms with Crippen LogP contribution in [0.4, 0.5) is 4.79 Å². The molecule has 0 spiro atoms. The largest absolute Gasteiger partial charge is 0.493 e. The lowest BCUT2D eigenvalue weighted by Gasteiger charge is -2.26. The first-order chi connectivity index (χ1) is 16.4. The molecule has 2 aromatic carbocycles. The van der Waals surface area contributed by atoms with E-state index in [-0.39, 0.29) is 12.1 Å². The second-order valence-corrected chi connectivity index (χ2v) is 7.39. The Hall–Kier alpha value is -4.01. The second kappa shape index (κ2) is 11.2. The number of imide groups is 2. The highest BCUT2D eigenvalue weighted by Gasteiger charge is 2.35. The van der Waals surface area contributed by atoms with Crippen molar-refractivity contribution in [3.8, 4) is 23.0 Å². The number of barbiturate groups is 1. The predicted molar refractivity (Wildman–Crippen MR) is 125 cm³/mol. The van der Waals surface area contributed by atoms with Crippen LogP contribution in [0.15, 0.2) is 42.0 Å². The highest BCUT2D eigenvalue weighted by Crippen LogP contribution is 2.31. The summed E-state index contributed by atoms with van der Waals surface area (Å²) in [5, 5.41) is 2.23. The number of hydrogen-bond donors (Lipinski definition) is 1. The summed E-state index contributed by atoms with van der Waals surface area (Å²) >= 11 is 0. The summed E-state index contributed by atoms with van der Waals surface area (Å²) in [6.45, 7) is 4.79. The average Bonchev–Trinajstić information content (AvgIpc) is 2.83.